The van der Waals surface area contributed by atoms with E-state index >= 15 is 8.78 Å². The van der Waals surface area contributed by atoms with Crippen molar-refractivity contribution in [2.75, 3.05) is 56.0 Å². The van der Waals surface area contributed by atoms with Crippen LogP contribution in [0.15, 0.2) is 35.1 Å². The minimum atomic E-state index is -2.89. The summed E-state index contributed by atoms with van der Waals surface area (Å²) in [6.45, 7) is 14.6. The Hall–Kier alpha value is -3.11. The van der Waals surface area contributed by atoms with E-state index in [-0.39, 0.29) is 17.2 Å². The Morgan fingerprint density at radius 1 is 0.891 bits per heavy atom. The molecule has 1 aromatic carbocycles. The van der Waals surface area contributed by atoms with E-state index < -0.39 is 11.8 Å². The summed E-state index contributed by atoms with van der Waals surface area (Å²) in [6, 6.07) is 9.03. The maximum atomic E-state index is 15.9. The Kier molecular flexibility index (Phi) is 9.94. The normalized spacial score (nSPS) is 25.0. The van der Waals surface area contributed by atoms with Gasteiger partial charge >= 0.3 is 0 Å². The molecule has 7 rings (SSSR count). The Balaban J connectivity index is 1.39. The van der Waals surface area contributed by atoms with E-state index in [1.165, 1.54) is 0 Å². The van der Waals surface area contributed by atoms with Crippen LogP contribution in [0.2, 0.25) is 0 Å². The van der Waals surface area contributed by atoms with E-state index in [0.717, 1.165) is 88.9 Å². The highest BCUT2D eigenvalue weighted by Gasteiger charge is 2.42. The lowest BCUT2D eigenvalue weighted by Crippen LogP contribution is -2.50. The van der Waals surface area contributed by atoms with Crippen molar-refractivity contribution in [1.82, 2.24) is 24.3 Å². The van der Waals surface area contributed by atoms with E-state index in [0.29, 0.717) is 48.4 Å². The molecule has 6 heterocycles. The first-order valence-corrected chi connectivity index (χ1v) is 17.5. The van der Waals surface area contributed by atoms with Gasteiger partial charge in [-0.3, -0.25) is 14.3 Å². The second-order valence-corrected chi connectivity index (χ2v) is 14.0. The molecule has 0 saturated carbocycles. The van der Waals surface area contributed by atoms with E-state index in [4.69, 9.17) is 9.97 Å². The summed E-state index contributed by atoms with van der Waals surface area (Å²) in [5, 5.41) is 4.33. The zero-order chi connectivity index (χ0) is 32.4. The number of hydrogen-bond donors (Lipinski definition) is 1. The van der Waals surface area contributed by atoms with Gasteiger partial charge in [0.2, 0.25) is 0 Å². The van der Waals surface area contributed by atoms with Crippen molar-refractivity contribution in [1.29, 1.82) is 0 Å². The van der Waals surface area contributed by atoms with Gasteiger partial charge in [-0.15, -0.1) is 0 Å². The summed E-state index contributed by atoms with van der Waals surface area (Å²) in [7, 11) is 0. The molecular weight excluding hydrogens is 584 g/mol. The molecule has 0 unspecified atom stereocenters. The first-order valence-electron chi connectivity index (χ1n) is 17.5. The van der Waals surface area contributed by atoms with Gasteiger partial charge in [0.1, 0.15) is 23.0 Å². The molecule has 0 aliphatic carbocycles. The van der Waals surface area contributed by atoms with Crippen LogP contribution in [0.3, 0.4) is 0 Å². The lowest BCUT2D eigenvalue weighted by molar-refractivity contribution is -0.0855. The minimum Gasteiger partial charge on any atom is -0.364 e. The molecule has 2 aromatic heterocycles. The van der Waals surface area contributed by atoms with Gasteiger partial charge in [-0.05, 0) is 90.7 Å². The van der Waals surface area contributed by atoms with Crippen molar-refractivity contribution < 1.29 is 8.78 Å². The Morgan fingerprint density at radius 2 is 1.59 bits per heavy atom. The maximum absolute atomic E-state index is 15.9. The first kappa shape index (κ1) is 32.8. The van der Waals surface area contributed by atoms with Gasteiger partial charge in [-0.25, -0.2) is 18.7 Å². The van der Waals surface area contributed by atoms with Crippen LogP contribution in [-0.4, -0.2) is 76.2 Å². The number of benzene rings is 1. The van der Waals surface area contributed by atoms with Gasteiger partial charge in [0.15, 0.2) is 0 Å². The number of halogens is 2. The fourth-order valence-corrected chi connectivity index (χ4v) is 7.56. The lowest BCUT2D eigenvalue weighted by Gasteiger charge is -2.38. The quantitative estimate of drug-likeness (QED) is 0.342. The molecule has 0 radical (unpaired) electrons. The third kappa shape index (κ3) is 6.93. The van der Waals surface area contributed by atoms with Crippen LogP contribution in [0.25, 0.3) is 11.0 Å². The van der Waals surface area contributed by atoms with Gasteiger partial charge < -0.3 is 15.1 Å². The Bertz CT molecular complexity index is 1560. The van der Waals surface area contributed by atoms with Gasteiger partial charge in [0.05, 0.1) is 5.39 Å². The second kappa shape index (κ2) is 13.9. The number of pyridine rings is 1. The molecule has 2 saturated heterocycles. The van der Waals surface area contributed by atoms with Crippen LogP contribution >= 0.6 is 0 Å². The molecule has 0 spiro atoms. The van der Waals surface area contributed by atoms with Crippen LogP contribution in [0.1, 0.15) is 88.7 Å². The molecule has 4 aliphatic heterocycles. The number of nitrogens with one attached hydrogen (secondary N) is 1. The van der Waals surface area contributed by atoms with Gasteiger partial charge in [0, 0.05) is 56.3 Å². The molecule has 0 amide bonds. The van der Waals surface area contributed by atoms with Crippen molar-refractivity contribution in [2.24, 2.45) is 5.92 Å². The third-order valence-corrected chi connectivity index (χ3v) is 10.5. The summed E-state index contributed by atoms with van der Waals surface area (Å²) in [5.41, 5.74) is 2.18. The highest BCUT2D eigenvalue weighted by molar-refractivity contribution is 5.89. The smallest absolute Gasteiger partial charge is 0.276 e. The van der Waals surface area contributed by atoms with Crippen molar-refractivity contribution in [3.63, 3.8) is 0 Å². The molecule has 10 heteroatoms. The number of alkyl halides is 2. The van der Waals surface area contributed by atoms with Gasteiger partial charge in [-0.1, -0.05) is 37.5 Å². The predicted molar refractivity (Wildman–Crippen MR) is 182 cm³/mol. The average Bonchev–Trinajstić information content (AvgIpc) is 3.05. The summed E-state index contributed by atoms with van der Waals surface area (Å²) < 4.78 is 33.7. The van der Waals surface area contributed by atoms with Crippen molar-refractivity contribution in [3.05, 3.63) is 57.6 Å². The number of aromatic nitrogens is 3. The third-order valence-electron chi connectivity index (χ3n) is 10.5. The fourth-order valence-electron chi connectivity index (χ4n) is 7.56. The molecular formula is C36H51F2N7O. The number of rotatable bonds is 2. The SMILES string of the molecule is Cc1nc2c3cc(N4CCN(C(C)C)CC4)c(=O)n(c3n1)CCCCCCCN1CCC(CC1)C(F)(F)c1cccc(c1)[C@@H](C)N2. The average molecular weight is 636 g/mol. The van der Waals surface area contributed by atoms with Crippen LogP contribution in [0, 0.1) is 12.8 Å². The first-order chi connectivity index (χ1) is 22.1. The van der Waals surface area contributed by atoms with Crippen molar-refractivity contribution in [2.45, 2.75) is 97.2 Å². The number of nitrogens with zero attached hydrogens (tertiary/aromatic N) is 6. The van der Waals surface area contributed by atoms with Crippen LogP contribution in [0.4, 0.5) is 20.3 Å². The molecule has 250 valence electrons. The zero-order valence-corrected chi connectivity index (χ0v) is 28.1. The summed E-state index contributed by atoms with van der Waals surface area (Å²) >= 11 is 0. The number of hydrogen-bond acceptors (Lipinski definition) is 7. The molecule has 1 N–H and O–H groups in total. The van der Waals surface area contributed by atoms with E-state index in [9.17, 15) is 4.79 Å². The number of piperidine rings is 1. The maximum Gasteiger partial charge on any atom is 0.276 e. The van der Waals surface area contributed by atoms with E-state index in [1.807, 2.05) is 30.5 Å². The molecule has 8 bridgehead atoms. The van der Waals surface area contributed by atoms with Crippen molar-refractivity contribution in [3.8, 4) is 0 Å². The largest absolute Gasteiger partial charge is 0.364 e. The summed E-state index contributed by atoms with van der Waals surface area (Å²) in [5.74, 6) is -2.34. The highest BCUT2D eigenvalue weighted by Crippen LogP contribution is 2.42. The number of aryl methyl sites for hydroxylation is 2. The summed E-state index contributed by atoms with van der Waals surface area (Å²) in [6.07, 6.45) is 6.22. The molecule has 1 atom stereocenters. The number of piperazine rings is 1. The summed E-state index contributed by atoms with van der Waals surface area (Å²) in [4.78, 5) is 30.8. The standard InChI is InChI=1S/C36H51F2N7O/c1-25(2)43-19-21-44(22-20-43)32-24-31-33-39-26(3)28-11-10-12-30(23-28)36(37,38)29-13-17-42(18-14-29)15-8-6-5-7-9-16-45(35(32)46)34(31)41-27(4)40-33/h10-12,23-26,29H,5-9,13-22H2,1-4H3,(H,39,40,41)/t26-/m1/s1. The molecule has 46 heavy (non-hydrogen) atoms. The Morgan fingerprint density at radius 3 is 2.30 bits per heavy atom. The molecule has 4 aliphatic rings. The predicted octanol–water partition coefficient (Wildman–Crippen LogP) is 6.57. The number of fused-ring (bicyclic) bond motifs is 9. The second-order valence-electron chi connectivity index (χ2n) is 14.0. The molecule has 2 fully saturated rings. The van der Waals surface area contributed by atoms with E-state index in [2.05, 4.69) is 33.9 Å². The van der Waals surface area contributed by atoms with Crippen LogP contribution in [0.5, 0.6) is 0 Å². The fraction of sp³-hybridized carbons (Fsp3) is 0.639. The topological polar surface area (TPSA) is 69.5 Å². The van der Waals surface area contributed by atoms with Gasteiger partial charge in [-0.2, -0.15) is 0 Å². The van der Waals surface area contributed by atoms with Gasteiger partial charge in [0.25, 0.3) is 11.5 Å². The zero-order valence-electron chi connectivity index (χ0n) is 28.1. The van der Waals surface area contributed by atoms with E-state index in [1.54, 1.807) is 18.2 Å². The highest BCUT2D eigenvalue weighted by atomic mass is 19.3. The van der Waals surface area contributed by atoms with Crippen LogP contribution < -0.4 is 15.8 Å². The Labute approximate surface area is 272 Å². The monoisotopic (exact) mass is 635 g/mol. The molecule has 3 aromatic rings. The number of anilines is 2. The van der Waals surface area contributed by atoms with Crippen molar-refractivity contribution >= 4 is 22.5 Å². The minimum absolute atomic E-state index is 0.000456. The molecule has 8 nitrogen and oxygen atoms in total. The van der Waals surface area contributed by atoms with Crippen LogP contribution in [-0.2, 0) is 12.5 Å². The lowest BCUT2D eigenvalue weighted by atomic mass is 9.85.